The SMILES string of the molecule is COc1ccc(CN(C(=O)COc2ccccc2Cl)C(Cc2ccccc2)C(=O)NCc2ccccn2)cc1. The van der Waals surface area contributed by atoms with Crippen LogP contribution in [0.3, 0.4) is 0 Å². The van der Waals surface area contributed by atoms with Crippen LogP contribution in [0.4, 0.5) is 0 Å². The Morgan fingerprint density at radius 3 is 2.31 bits per heavy atom. The highest BCUT2D eigenvalue weighted by molar-refractivity contribution is 6.32. The molecule has 4 rings (SSSR count). The Bertz CT molecular complexity index is 1350. The zero-order valence-corrected chi connectivity index (χ0v) is 22.4. The number of carbonyl (C=O) groups excluding carboxylic acids is 2. The van der Waals surface area contributed by atoms with Crippen LogP contribution < -0.4 is 14.8 Å². The molecule has 7 nitrogen and oxygen atoms in total. The standard InChI is InChI=1S/C31H30ClN3O4/c1-38-26-16-14-24(15-17-26)21-35(30(36)22-39-29-13-6-5-12-27(29)32)28(19-23-9-3-2-4-10-23)31(37)34-20-25-11-7-8-18-33-25/h2-18,28H,19-22H2,1H3,(H,34,37). The summed E-state index contributed by atoms with van der Waals surface area (Å²) in [6, 6.07) is 28.7. The topological polar surface area (TPSA) is 80.8 Å². The van der Waals surface area contributed by atoms with Crippen molar-refractivity contribution in [3.05, 3.63) is 125 Å². The van der Waals surface area contributed by atoms with Crippen LogP contribution in [0.15, 0.2) is 103 Å². The van der Waals surface area contributed by atoms with Gasteiger partial charge in [-0.25, -0.2) is 0 Å². The van der Waals surface area contributed by atoms with Crippen LogP contribution in [0.1, 0.15) is 16.8 Å². The largest absolute Gasteiger partial charge is 0.497 e. The number of hydrogen-bond acceptors (Lipinski definition) is 5. The van der Waals surface area contributed by atoms with Gasteiger partial charge in [-0.15, -0.1) is 0 Å². The zero-order chi connectivity index (χ0) is 27.5. The van der Waals surface area contributed by atoms with Crippen LogP contribution in [0.2, 0.25) is 5.02 Å². The number of para-hydroxylation sites is 1. The van der Waals surface area contributed by atoms with Crippen molar-refractivity contribution in [2.24, 2.45) is 0 Å². The molecular formula is C31H30ClN3O4. The van der Waals surface area contributed by atoms with Crippen LogP contribution in [-0.4, -0.2) is 41.5 Å². The minimum Gasteiger partial charge on any atom is -0.497 e. The van der Waals surface area contributed by atoms with Crippen LogP contribution in [-0.2, 0) is 29.1 Å². The van der Waals surface area contributed by atoms with Gasteiger partial charge in [0, 0.05) is 19.2 Å². The number of aromatic nitrogens is 1. The Labute approximate surface area is 233 Å². The molecule has 4 aromatic rings. The first-order valence-corrected chi connectivity index (χ1v) is 12.9. The minimum atomic E-state index is -0.805. The number of methoxy groups -OCH3 is 1. The summed E-state index contributed by atoms with van der Waals surface area (Å²) in [6.07, 6.45) is 2.00. The van der Waals surface area contributed by atoms with E-state index in [0.29, 0.717) is 22.9 Å². The Balaban J connectivity index is 1.62. The van der Waals surface area contributed by atoms with Gasteiger partial charge in [-0.05, 0) is 47.5 Å². The molecule has 39 heavy (non-hydrogen) atoms. The maximum Gasteiger partial charge on any atom is 0.261 e. The summed E-state index contributed by atoms with van der Waals surface area (Å²) in [5.74, 6) is 0.465. The van der Waals surface area contributed by atoms with E-state index in [1.54, 1.807) is 42.5 Å². The predicted molar refractivity (Wildman–Crippen MR) is 151 cm³/mol. The molecule has 200 valence electrons. The Morgan fingerprint density at radius 1 is 0.897 bits per heavy atom. The fraction of sp³-hybridized carbons (Fsp3) is 0.194. The minimum absolute atomic E-state index is 0.198. The van der Waals surface area contributed by atoms with E-state index in [4.69, 9.17) is 21.1 Å². The second-order valence-electron chi connectivity index (χ2n) is 8.83. The first-order valence-electron chi connectivity index (χ1n) is 12.5. The van der Waals surface area contributed by atoms with E-state index in [1.807, 2.05) is 72.8 Å². The van der Waals surface area contributed by atoms with Crippen molar-refractivity contribution in [1.82, 2.24) is 15.2 Å². The Morgan fingerprint density at radius 2 is 1.62 bits per heavy atom. The monoisotopic (exact) mass is 543 g/mol. The lowest BCUT2D eigenvalue weighted by atomic mass is 10.0. The van der Waals surface area contributed by atoms with Crippen molar-refractivity contribution in [3.8, 4) is 11.5 Å². The average molecular weight is 544 g/mol. The van der Waals surface area contributed by atoms with Crippen LogP contribution in [0, 0.1) is 0 Å². The molecule has 1 N–H and O–H groups in total. The van der Waals surface area contributed by atoms with Crippen LogP contribution in [0.25, 0.3) is 0 Å². The average Bonchev–Trinajstić information content (AvgIpc) is 2.98. The van der Waals surface area contributed by atoms with Gasteiger partial charge in [0.2, 0.25) is 5.91 Å². The van der Waals surface area contributed by atoms with Crippen LogP contribution in [0.5, 0.6) is 11.5 Å². The lowest BCUT2D eigenvalue weighted by Gasteiger charge is -2.31. The summed E-state index contributed by atoms with van der Waals surface area (Å²) in [6.45, 7) is 0.160. The van der Waals surface area contributed by atoms with Gasteiger partial charge < -0.3 is 19.7 Å². The molecule has 0 saturated heterocycles. The number of ether oxygens (including phenoxy) is 2. The number of hydrogen-bond donors (Lipinski definition) is 1. The predicted octanol–water partition coefficient (Wildman–Crippen LogP) is 5.08. The van der Waals surface area contributed by atoms with Gasteiger partial charge in [0.25, 0.3) is 5.91 Å². The highest BCUT2D eigenvalue weighted by Crippen LogP contribution is 2.24. The van der Waals surface area contributed by atoms with Crippen molar-refractivity contribution < 1.29 is 19.1 Å². The van der Waals surface area contributed by atoms with Crippen LogP contribution >= 0.6 is 11.6 Å². The van der Waals surface area contributed by atoms with E-state index < -0.39 is 6.04 Å². The van der Waals surface area contributed by atoms with E-state index in [-0.39, 0.29) is 31.5 Å². The zero-order valence-electron chi connectivity index (χ0n) is 21.6. The smallest absolute Gasteiger partial charge is 0.261 e. The third-order valence-corrected chi connectivity index (χ3v) is 6.45. The second kappa shape index (κ2) is 14.0. The number of amides is 2. The van der Waals surface area contributed by atoms with Crippen molar-refractivity contribution in [3.63, 3.8) is 0 Å². The molecule has 1 atom stereocenters. The summed E-state index contributed by atoms with van der Waals surface area (Å²) in [5.41, 5.74) is 2.49. The molecule has 0 aliphatic rings. The number of nitrogens with one attached hydrogen (secondary N) is 1. The van der Waals surface area contributed by atoms with E-state index >= 15 is 0 Å². The van der Waals surface area contributed by atoms with Crippen molar-refractivity contribution in [1.29, 1.82) is 0 Å². The molecule has 1 unspecified atom stereocenters. The van der Waals surface area contributed by atoms with E-state index in [2.05, 4.69) is 10.3 Å². The first-order chi connectivity index (χ1) is 19.0. The third-order valence-electron chi connectivity index (χ3n) is 6.14. The highest BCUT2D eigenvalue weighted by atomic mass is 35.5. The second-order valence-corrected chi connectivity index (χ2v) is 9.24. The molecule has 0 radical (unpaired) electrons. The molecule has 8 heteroatoms. The molecule has 0 saturated carbocycles. The summed E-state index contributed by atoms with van der Waals surface area (Å²) >= 11 is 6.23. The molecule has 1 aromatic heterocycles. The molecule has 0 bridgehead atoms. The highest BCUT2D eigenvalue weighted by Gasteiger charge is 2.31. The lowest BCUT2D eigenvalue weighted by molar-refractivity contribution is -0.142. The fourth-order valence-electron chi connectivity index (χ4n) is 4.06. The summed E-state index contributed by atoms with van der Waals surface area (Å²) in [7, 11) is 1.60. The number of rotatable bonds is 12. The first kappa shape index (κ1) is 27.7. The number of nitrogens with zero attached hydrogens (tertiary/aromatic N) is 2. The maximum absolute atomic E-state index is 13.7. The Kier molecular flexibility index (Phi) is 9.92. The quantitative estimate of drug-likeness (QED) is 0.269. The fourth-order valence-corrected chi connectivity index (χ4v) is 4.25. The number of carbonyl (C=O) groups is 2. The van der Waals surface area contributed by atoms with E-state index in [0.717, 1.165) is 16.8 Å². The Hall–Kier alpha value is -4.36. The molecule has 3 aromatic carbocycles. The van der Waals surface area contributed by atoms with Gasteiger partial charge in [-0.2, -0.15) is 0 Å². The third kappa shape index (κ3) is 8.06. The number of benzene rings is 3. The summed E-state index contributed by atoms with van der Waals surface area (Å²) < 4.78 is 11.1. The van der Waals surface area contributed by atoms with Gasteiger partial charge in [0.1, 0.15) is 17.5 Å². The normalized spacial score (nSPS) is 11.3. The van der Waals surface area contributed by atoms with Crippen molar-refractivity contribution in [2.45, 2.75) is 25.6 Å². The van der Waals surface area contributed by atoms with Crippen molar-refractivity contribution in [2.75, 3.05) is 13.7 Å². The number of halogens is 1. The van der Waals surface area contributed by atoms with Gasteiger partial charge >= 0.3 is 0 Å². The molecular weight excluding hydrogens is 514 g/mol. The van der Waals surface area contributed by atoms with Gasteiger partial charge in [0.15, 0.2) is 6.61 Å². The lowest BCUT2D eigenvalue weighted by Crippen LogP contribution is -2.51. The van der Waals surface area contributed by atoms with Gasteiger partial charge in [-0.3, -0.25) is 14.6 Å². The number of pyridine rings is 1. The summed E-state index contributed by atoms with van der Waals surface area (Å²) in [5, 5.41) is 3.37. The molecule has 0 spiro atoms. The molecule has 1 heterocycles. The van der Waals surface area contributed by atoms with Crippen molar-refractivity contribution >= 4 is 23.4 Å². The molecule has 0 aliphatic heterocycles. The maximum atomic E-state index is 13.7. The van der Waals surface area contributed by atoms with E-state index in [1.165, 1.54) is 0 Å². The van der Waals surface area contributed by atoms with E-state index in [9.17, 15) is 9.59 Å². The molecule has 2 amide bonds. The van der Waals surface area contributed by atoms with Gasteiger partial charge in [-0.1, -0.05) is 72.3 Å². The van der Waals surface area contributed by atoms with Gasteiger partial charge in [0.05, 0.1) is 24.4 Å². The molecule has 0 aliphatic carbocycles. The molecule has 0 fully saturated rings. The summed E-state index contributed by atoms with van der Waals surface area (Å²) in [4.78, 5) is 33.2.